The Balaban J connectivity index is 1.68. The highest BCUT2D eigenvalue weighted by molar-refractivity contribution is 7.10. The first-order valence-electron chi connectivity index (χ1n) is 6.58. The summed E-state index contributed by atoms with van der Waals surface area (Å²) in [5.74, 6) is 0.345. The van der Waals surface area contributed by atoms with Crippen molar-refractivity contribution >= 4 is 22.4 Å². The highest BCUT2D eigenvalue weighted by Gasteiger charge is 2.20. The largest absolute Gasteiger partial charge is 0.474 e. The monoisotopic (exact) mass is 289 g/mol. The number of nitrogens with zero attached hydrogens (tertiary/aromatic N) is 2. The number of hydrogen-bond acceptors (Lipinski definition) is 5. The van der Waals surface area contributed by atoms with Crippen LogP contribution in [0.15, 0.2) is 24.4 Å². The lowest BCUT2D eigenvalue weighted by molar-refractivity contribution is 0.102. The molecule has 6 heteroatoms. The van der Waals surface area contributed by atoms with Crippen molar-refractivity contribution in [3.05, 3.63) is 35.7 Å². The van der Waals surface area contributed by atoms with Gasteiger partial charge in [-0.2, -0.15) is 4.37 Å². The SMILES string of the molecule is Cc1cc(NC(=O)c2ccnc(OC3CCC3)c2)sn1. The minimum Gasteiger partial charge on any atom is -0.474 e. The van der Waals surface area contributed by atoms with Crippen molar-refractivity contribution in [3.8, 4) is 5.88 Å². The highest BCUT2D eigenvalue weighted by Crippen LogP contribution is 2.24. The predicted molar refractivity (Wildman–Crippen MR) is 77.3 cm³/mol. The van der Waals surface area contributed by atoms with Crippen LogP contribution in [0, 0.1) is 6.92 Å². The van der Waals surface area contributed by atoms with Gasteiger partial charge in [-0.15, -0.1) is 0 Å². The number of pyridine rings is 1. The Hall–Kier alpha value is -1.95. The number of nitrogens with one attached hydrogen (secondary N) is 1. The van der Waals surface area contributed by atoms with E-state index in [9.17, 15) is 4.79 Å². The molecule has 0 atom stereocenters. The van der Waals surface area contributed by atoms with Crippen molar-refractivity contribution in [2.75, 3.05) is 5.32 Å². The summed E-state index contributed by atoms with van der Waals surface area (Å²) >= 11 is 1.27. The number of hydrogen-bond donors (Lipinski definition) is 1. The third-order valence-corrected chi connectivity index (χ3v) is 4.00. The van der Waals surface area contributed by atoms with Gasteiger partial charge in [0, 0.05) is 17.8 Å². The van der Waals surface area contributed by atoms with E-state index < -0.39 is 0 Å². The summed E-state index contributed by atoms with van der Waals surface area (Å²) in [5, 5.41) is 3.56. The van der Waals surface area contributed by atoms with Crippen LogP contribution in [0.3, 0.4) is 0 Å². The standard InChI is InChI=1S/C14H15N3O2S/c1-9-7-13(20-17-9)16-14(18)10-5-6-15-12(8-10)19-11-3-2-4-11/h5-8,11H,2-4H2,1H3,(H,16,18). The molecule has 20 heavy (non-hydrogen) atoms. The fourth-order valence-electron chi connectivity index (χ4n) is 1.88. The van der Waals surface area contributed by atoms with Gasteiger partial charge in [-0.3, -0.25) is 4.79 Å². The lowest BCUT2D eigenvalue weighted by Gasteiger charge is -2.25. The van der Waals surface area contributed by atoms with Gasteiger partial charge in [0.1, 0.15) is 11.1 Å². The lowest BCUT2D eigenvalue weighted by atomic mass is 9.96. The normalized spacial score (nSPS) is 14.7. The van der Waals surface area contributed by atoms with Crippen molar-refractivity contribution in [3.63, 3.8) is 0 Å². The number of aromatic nitrogens is 2. The van der Waals surface area contributed by atoms with Gasteiger partial charge in [0.05, 0.1) is 5.69 Å². The smallest absolute Gasteiger partial charge is 0.256 e. The average Bonchev–Trinajstić information content (AvgIpc) is 2.80. The fraction of sp³-hybridized carbons (Fsp3) is 0.357. The molecule has 0 saturated heterocycles. The van der Waals surface area contributed by atoms with E-state index in [0.717, 1.165) is 23.5 Å². The van der Waals surface area contributed by atoms with Gasteiger partial charge in [-0.25, -0.2) is 4.98 Å². The highest BCUT2D eigenvalue weighted by atomic mass is 32.1. The first kappa shape index (κ1) is 13.1. The molecule has 0 radical (unpaired) electrons. The molecule has 0 spiro atoms. The van der Waals surface area contributed by atoms with Crippen molar-refractivity contribution in [2.24, 2.45) is 0 Å². The molecule has 5 nitrogen and oxygen atoms in total. The van der Waals surface area contributed by atoms with Crippen LogP contribution in [0.4, 0.5) is 5.00 Å². The molecule has 3 rings (SSSR count). The minimum atomic E-state index is -0.172. The Bertz CT molecular complexity index is 622. The van der Waals surface area contributed by atoms with Gasteiger partial charge in [0.15, 0.2) is 0 Å². The van der Waals surface area contributed by atoms with Crippen LogP contribution in [0.2, 0.25) is 0 Å². The zero-order chi connectivity index (χ0) is 13.9. The maximum absolute atomic E-state index is 12.1. The first-order valence-corrected chi connectivity index (χ1v) is 7.35. The molecule has 0 aliphatic heterocycles. The van der Waals surface area contributed by atoms with E-state index in [1.54, 1.807) is 18.3 Å². The van der Waals surface area contributed by atoms with Crippen molar-refractivity contribution < 1.29 is 9.53 Å². The summed E-state index contributed by atoms with van der Waals surface area (Å²) in [6.45, 7) is 1.89. The quantitative estimate of drug-likeness (QED) is 0.939. The maximum atomic E-state index is 12.1. The number of rotatable bonds is 4. The van der Waals surface area contributed by atoms with E-state index in [1.165, 1.54) is 18.0 Å². The second-order valence-corrected chi connectivity index (χ2v) is 5.65. The Labute approximate surface area is 121 Å². The van der Waals surface area contributed by atoms with Crippen LogP contribution in [0.25, 0.3) is 0 Å². The Morgan fingerprint density at radius 2 is 2.30 bits per heavy atom. The Morgan fingerprint density at radius 1 is 1.45 bits per heavy atom. The Morgan fingerprint density at radius 3 is 2.95 bits per heavy atom. The Kier molecular flexibility index (Phi) is 3.64. The average molecular weight is 289 g/mol. The first-order chi connectivity index (χ1) is 9.70. The summed E-state index contributed by atoms with van der Waals surface area (Å²) in [6, 6.07) is 5.20. The predicted octanol–water partition coefficient (Wildman–Crippen LogP) is 3.03. The molecular formula is C14H15N3O2S. The van der Waals surface area contributed by atoms with E-state index in [0.29, 0.717) is 11.4 Å². The lowest BCUT2D eigenvalue weighted by Crippen LogP contribution is -2.25. The molecule has 2 aromatic rings. The third kappa shape index (κ3) is 2.96. The summed E-state index contributed by atoms with van der Waals surface area (Å²) in [4.78, 5) is 16.3. The minimum absolute atomic E-state index is 0.172. The van der Waals surface area contributed by atoms with Crippen LogP contribution >= 0.6 is 11.5 Å². The van der Waals surface area contributed by atoms with Gasteiger partial charge < -0.3 is 10.1 Å². The molecule has 2 heterocycles. The van der Waals surface area contributed by atoms with Gasteiger partial charge in [-0.1, -0.05) is 0 Å². The van der Waals surface area contributed by atoms with Gasteiger partial charge >= 0.3 is 0 Å². The van der Waals surface area contributed by atoms with E-state index in [4.69, 9.17) is 4.74 Å². The van der Waals surface area contributed by atoms with Gasteiger partial charge in [0.25, 0.3) is 5.91 Å². The summed E-state index contributed by atoms with van der Waals surface area (Å²) in [5.41, 5.74) is 1.44. The second kappa shape index (κ2) is 5.58. The molecular weight excluding hydrogens is 274 g/mol. The van der Waals surface area contributed by atoms with Gasteiger partial charge in [-0.05, 0) is 49.9 Å². The van der Waals surface area contributed by atoms with Crippen LogP contribution < -0.4 is 10.1 Å². The van der Waals surface area contributed by atoms with Crippen LogP contribution in [-0.2, 0) is 0 Å². The number of ether oxygens (including phenoxy) is 1. The van der Waals surface area contributed by atoms with Crippen LogP contribution in [-0.4, -0.2) is 21.4 Å². The van der Waals surface area contributed by atoms with E-state index in [2.05, 4.69) is 14.7 Å². The molecule has 1 aliphatic rings. The molecule has 1 aliphatic carbocycles. The third-order valence-electron chi connectivity index (χ3n) is 3.20. The summed E-state index contributed by atoms with van der Waals surface area (Å²) < 4.78 is 9.82. The van der Waals surface area contributed by atoms with E-state index >= 15 is 0 Å². The van der Waals surface area contributed by atoms with E-state index in [-0.39, 0.29) is 12.0 Å². The summed E-state index contributed by atoms with van der Waals surface area (Å²) in [7, 11) is 0. The van der Waals surface area contributed by atoms with Gasteiger partial charge in [0.2, 0.25) is 5.88 Å². The molecule has 104 valence electrons. The number of carbonyl (C=O) groups is 1. The van der Waals surface area contributed by atoms with Crippen molar-refractivity contribution in [2.45, 2.75) is 32.3 Å². The molecule has 1 saturated carbocycles. The zero-order valence-electron chi connectivity index (χ0n) is 11.1. The second-order valence-electron chi connectivity index (χ2n) is 4.84. The number of aryl methyl sites for hydroxylation is 1. The molecule has 0 aromatic carbocycles. The van der Waals surface area contributed by atoms with Crippen molar-refractivity contribution in [1.82, 2.24) is 9.36 Å². The zero-order valence-corrected chi connectivity index (χ0v) is 11.9. The van der Waals surface area contributed by atoms with Crippen LogP contribution in [0.5, 0.6) is 5.88 Å². The number of amides is 1. The van der Waals surface area contributed by atoms with Crippen LogP contribution in [0.1, 0.15) is 35.3 Å². The molecule has 0 bridgehead atoms. The topological polar surface area (TPSA) is 64.1 Å². The molecule has 1 fully saturated rings. The molecule has 2 aromatic heterocycles. The number of carbonyl (C=O) groups excluding carboxylic acids is 1. The maximum Gasteiger partial charge on any atom is 0.256 e. The number of anilines is 1. The molecule has 0 unspecified atom stereocenters. The summed E-state index contributed by atoms with van der Waals surface area (Å²) in [6.07, 6.45) is 5.19. The molecule has 1 amide bonds. The van der Waals surface area contributed by atoms with Crippen molar-refractivity contribution in [1.29, 1.82) is 0 Å². The fourth-order valence-corrected chi connectivity index (χ4v) is 2.54. The molecule has 1 N–H and O–H groups in total. The van der Waals surface area contributed by atoms with E-state index in [1.807, 2.05) is 13.0 Å².